The molecule has 1 fully saturated rings. The van der Waals surface area contributed by atoms with Gasteiger partial charge < -0.3 is 15.4 Å². The summed E-state index contributed by atoms with van der Waals surface area (Å²) in [5, 5.41) is 5.98. The molecule has 3 rings (SSSR count). The second-order valence-corrected chi connectivity index (χ2v) is 7.84. The van der Waals surface area contributed by atoms with Crippen LogP contribution in [0.1, 0.15) is 18.1 Å². The topological polar surface area (TPSA) is 87.7 Å². The summed E-state index contributed by atoms with van der Waals surface area (Å²) in [6.45, 7) is 1.57. The first-order valence-electron chi connectivity index (χ1n) is 9.24. The fourth-order valence-corrected chi connectivity index (χ4v) is 3.48. The molecule has 1 aliphatic rings. The van der Waals surface area contributed by atoms with Gasteiger partial charge in [-0.2, -0.15) is 0 Å². The molecule has 0 aromatic heterocycles. The summed E-state index contributed by atoms with van der Waals surface area (Å²) < 4.78 is 5.11. The van der Waals surface area contributed by atoms with Gasteiger partial charge in [0.15, 0.2) is 0 Å². The van der Waals surface area contributed by atoms with Gasteiger partial charge in [0.1, 0.15) is 17.8 Å². The SMILES string of the molecule is COc1ccc(CCNC(=O)CN2C(=O)NC(C)(c3ccc(Cl)c(Cl)c3)C2=O)cc1. The lowest BCUT2D eigenvalue weighted by Gasteiger charge is -2.22. The Morgan fingerprint density at radius 1 is 1.13 bits per heavy atom. The molecule has 0 spiro atoms. The lowest BCUT2D eigenvalue weighted by molar-refractivity contribution is -0.134. The Morgan fingerprint density at radius 3 is 2.47 bits per heavy atom. The molecule has 2 aromatic rings. The molecule has 7 nitrogen and oxygen atoms in total. The number of halogens is 2. The number of amides is 4. The second kappa shape index (κ2) is 8.93. The van der Waals surface area contributed by atoms with Crippen molar-refractivity contribution in [1.29, 1.82) is 0 Å². The molecule has 0 aliphatic carbocycles. The summed E-state index contributed by atoms with van der Waals surface area (Å²) in [7, 11) is 1.59. The number of hydrogen-bond acceptors (Lipinski definition) is 4. The number of ether oxygens (including phenoxy) is 1. The van der Waals surface area contributed by atoms with Gasteiger partial charge in [-0.15, -0.1) is 0 Å². The number of carbonyl (C=O) groups excluding carboxylic acids is 3. The number of nitrogens with one attached hydrogen (secondary N) is 2. The van der Waals surface area contributed by atoms with Crippen LogP contribution in [0.2, 0.25) is 10.0 Å². The molecule has 1 heterocycles. The van der Waals surface area contributed by atoms with Gasteiger partial charge in [0.2, 0.25) is 5.91 Å². The molecule has 158 valence electrons. The number of urea groups is 1. The third kappa shape index (κ3) is 4.52. The van der Waals surface area contributed by atoms with Crippen molar-refractivity contribution in [3.63, 3.8) is 0 Å². The van der Waals surface area contributed by atoms with Crippen LogP contribution >= 0.6 is 23.2 Å². The van der Waals surface area contributed by atoms with E-state index in [1.807, 2.05) is 24.3 Å². The molecule has 0 radical (unpaired) electrons. The quantitative estimate of drug-likeness (QED) is 0.635. The minimum atomic E-state index is -1.32. The molecule has 0 bridgehead atoms. The van der Waals surface area contributed by atoms with E-state index < -0.39 is 23.4 Å². The maximum absolute atomic E-state index is 12.9. The van der Waals surface area contributed by atoms with Gasteiger partial charge >= 0.3 is 6.03 Å². The van der Waals surface area contributed by atoms with Crippen molar-refractivity contribution in [1.82, 2.24) is 15.5 Å². The first-order valence-corrected chi connectivity index (χ1v) is 9.99. The lowest BCUT2D eigenvalue weighted by Crippen LogP contribution is -2.43. The normalized spacial score (nSPS) is 18.3. The third-order valence-corrected chi connectivity index (χ3v) is 5.71. The summed E-state index contributed by atoms with van der Waals surface area (Å²) in [6.07, 6.45) is 0.608. The number of nitrogens with zero attached hydrogens (tertiary/aromatic N) is 1. The molecule has 4 amide bonds. The van der Waals surface area contributed by atoms with Crippen LogP contribution in [0.4, 0.5) is 4.79 Å². The van der Waals surface area contributed by atoms with E-state index in [0.717, 1.165) is 16.2 Å². The van der Waals surface area contributed by atoms with Crippen molar-refractivity contribution in [2.45, 2.75) is 18.9 Å². The summed E-state index contributed by atoms with van der Waals surface area (Å²) in [6, 6.07) is 11.6. The number of methoxy groups -OCH3 is 1. The number of rotatable bonds is 7. The summed E-state index contributed by atoms with van der Waals surface area (Å²) >= 11 is 12.0. The lowest BCUT2D eigenvalue weighted by atomic mass is 9.92. The zero-order valence-corrected chi connectivity index (χ0v) is 18.0. The van der Waals surface area contributed by atoms with E-state index in [9.17, 15) is 14.4 Å². The van der Waals surface area contributed by atoms with Crippen molar-refractivity contribution < 1.29 is 19.1 Å². The molecule has 0 saturated carbocycles. The zero-order chi connectivity index (χ0) is 21.9. The first-order chi connectivity index (χ1) is 14.2. The summed E-state index contributed by atoms with van der Waals surface area (Å²) in [5.74, 6) is -0.201. The zero-order valence-electron chi connectivity index (χ0n) is 16.5. The Bertz CT molecular complexity index is 981. The van der Waals surface area contributed by atoms with E-state index in [1.165, 1.54) is 6.07 Å². The Hall–Kier alpha value is -2.77. The van der Waals surface area contributed by atoms with Crippen molar-refractivity contribution >= 4 is 41.0 Å². The van der Waals surface area contributed by atoms with E-state index in [2.05, 4.69) is 10.6 Å². The molecule has 1 atom stereocenters. The number of benzene rings is 2. The number of carbonyl (C=O) groups is 3. The maximum atomic E-state index is 12.9. The van der Waals surface area contributed by atoms with Gasteiger partial charge in [0.25, 0.3) is 5.91 Å². The Labute approximate surface area is 184 Å². The maximum Gasteiger partial charge on any atom is 0.325 e. The average molecular weight is 450 g/mol. The third-order valence-electron chi connectivity index (χ3n) is 4.97. The highest BCUT2D eigenvalue weighted by Gasteiger charge is 2.49. The molecule has 2 aromatic carbocycles. The van der Waals surface area contributed by atoms with Crippen molar-refractivity contribution in [2.75, 3.05) is 20.2 Å². The molecule has 30 heavy (non-hydrogen) atoms. The summed E-state index contributed by atoms with van der Waals surface area (Å²) in [5.41, 5.74) is 0.185. The van der Waals surface area contributed by atoms with E-state index >= 15 is 0 Å². The predicted octanol–water partition coefficient (Wildman–Crippen LogP) is 3.13. The van der Waals surface area contributed by atoms with Crippen molar-refractivity contribution in [3.8, 4) is 5.75 Å². The highest BCUT2D eigenvalue weighted by molar-refractivity contribution is 6.42. The minimum Gasteiger partial charge on any atom is -0.497 e. The minimum absolute atomic E-state index is 0.271. The first kappa shape index (κ1) is 21.9. The standard InChI is InChI=1S/C21H21Cl2N3O4/c1-21(14-5-8-16(22)17(23)11-14)19(28)26(20(29)25-21)12-18(27)24-10-9-13-3-6-15(30-2)7-4-13/h3-8,11H,9-10,12H2,1-2H3,(H,24,27)(H,25,29). The smallest absolute Gasteiger partial charge is 0.325 e. The molecule has 2 N–H and O–H groups in total. The highest BCUT2D eigenvalue weighted by Crippen LogP contribution is 2.32. The van der Waals surface area contributed by atoms with Gasteiger partial charge in [-0.25, -0.2) is 4.79 Å². The van der Waals surface area contributed by atoms with Gasteiger partial charge in [-0.1, -0.05) is 41.4 Å². The fourth-order valence-electron chi connectivity index (χ4n) is 3.18. The monoisotopic (exact) mass is 449 g/mol. The number of imide groups is 1. The van der Waals surface area contributed by atoms with Crippen molar-refractivity contribution in [3.05, 3.63) is 63.6 Å². The van der Waals surface area contributed by atoms with Gasteiger partial charge in [-0.3, -0.25) is 14.5 Å². The van der Waals surface area contributed by atoms with E-state index in [1.54, 1.807) is 26.2 Å². The van der Waals surface area contributed by atoms with Gasteiger partial charge in [0, 0.05) is 6.54 Å². The molecular formula is C21H21Cl2N3O4. The van der Waals surface area contributed by atoms with Crippen LogP contribution in [0, 0.1) is 0 Å². The van der Waals surface area contributed by atoms with E-state index in [0.29, 0.717) is 23.6 Å². The van der Waals surface area contributed by atoms with Crippen LogP contribution in [0.15, 0.2) is 42.5 Å². The highest BCUT2D eigenvalue weighted by atomic mass is 35.5. The molecule has 1 unspecified atom stereocenters. The van der Waals surface area contributed by atoms with Crippen LogP contribution in [-0.2, 0) is 21.5 Å². The van der Waals surface area contributed by atoms with Crippen LogP contribution < -0.4 is 15.4 Å². The van der Waals surface area contributed by atoms with Crippen molar-refractivity contribution in [2.24, 2.45) is 0 Å². The van der Waals surface area contributed by atoms with E-state index in [4.69, 9.17) is 27.9 Å². The molecule has 9 heteroatoms. The molecule has 1 aliphatic heterocycles. The molecular weight excluding hydrogens is 429 g/mol. The summed E-state index contributed by atoms with van der Waals surface area (Å²) in [4.78, 5) is 38.4. The fraction of sp³-hybridized carbons (Fsp3) is 0.286. The van der Waals surface area contributed by atoms with Crippen LogP contribution in [0.5, 0.6) is 5.75 Å². The Balaban J connectivity index is 1.59. The van der Waals surface area contributed by atoms with E-state index in [-0.39, 0.29) is 11.6 Å². The molecule has 1 saturated heterocycles. The van der Waals surface area contributed by atoms with Crippen LogP contribution in [0.25, 0.3) is 0 Å². The second-order valence-electron chi connectivity index (χ2n) is 7.02. The van der Waals surface area contributed by atoms with Gasteiger partial charge in [-0.05, 0) is 48.7 Å². The average Bonchev–Trinajstić information content (AvgIpc) is 2.94. The largest absolute Gasteiger partial charge is 0.497 e. The number of hydrogen-bond donors (Lipinski definition) is 2. The van der Waals surface area contributed by atoms with Crippen LogP contribution in [0.3, 0.4) is 0 Å². The van der Waals surface area contributed by atoms with Gasteiger partial charge in [0.05, 0.1) is 17.2 Å². The van der Waals surface area contributed by atoms with Crippen LogP contribution in [-0.4, -0.2) is 42.9 Å². The Morgan fingerprint density at radius 2 is 1.83 bits per heavy atom. The predicted molar refractivity (Wildman–Crippen MR) is 114 cm³/mol. The Kier molecular flexibility index (Phi) is 6.53.